The van der Waals surface area contributed by atoms with Crippen LogP contribution in [0.4, 0.5) is 0 Å². The molecular weight excluding hydrogens is 416 g/mol. The van der Waals surface area contributed by atoms with E-state index in [9.17, 15) is 19.8 Å². The number of rotatable bonds is 6. The van der Waals surface area contributed by atoms with Crippen LogP contribution in [0.2, 0.25) is 0 Å². The van der Waals surface area contributed by atoms with E-state index >= 15 is 0 Å². The number of aromatic hydroxyl groups is 1. The summed E-state index contributed by atoms with van der Waals surface area (Å²) >= 11 is 5.17. The maximum Gasteiger partial charge on any atom is 0.328 e. The zero-order chi connectivity index (χ0) is 22.0. The molecule has 0 fully saturated rings. The summed E-state index contributed by atoms with van der Waals surface area (Å²) in [5.74, 6) is -1.55. The SMILES string of the molecule is O=C(O)[C@@H](CC1=c2ccccc2=NC1)N=Cc1c(O)n(-c2ccccc2)c(=S)[nH]c1=O. The molecule has 3 N–H and O–H groups in total. The molecule has 31 heavy (non-hydrogen) atoms. The van der Waals surface area contributed by atoms with Crippen molar-refractivity contribution in [2.24, 2.45) is 9.98 Å². The van der Waals surface area contributed by atoms with Crippen LogP contribution in [0.3, 0.4) is 0 Å². The molecule has 8 nitrogen and oxygen atoms in total. The maximum atomic E-state index is 12.4. The van der Waals surface area contributed by atoms with Crippen molar-refractivity contribution >= 4 is 30.0 Å². The fourth-order valence-corrected chi connectivity index (χ4v) is 3.71. The Morgan fingerprint density at radius 2 is 1.94 bits per heavy atom. The lowest BCUT2D eigenvalue weighted by Crippen LogP contribution is -2.26. The molecule has 1 aromatic heterocycles. The molecule has 4 rings (SSSR count). The number of aromatic amines is 1. The van der Waals surface area contributed by atoms with Gasteiger partial charge < -0.3 is 10.2 Å². The molecule has 0 spiro atoms. The summed E-state index contributed by atoms with van der Waals surface area (Å²) in [4.78, 5) is 35.2. The van der Waals surface area contributed by atoms with Gasteiger partial charge in [-0.3, -0.25) is 24.3 Å². The first kappa shape index (κ1) is 20.4. The average Bonchev–Trinajstić information content (AvgIpc) is 3.16. The van der Waals surface area contributed by atoms with E-state index in [1.165, 1.54) is 4.57 Å². The Morgan fingerprint density at radius 1 is 1.23 bits per heavy atom. The van der Waals surface area contributed by atoms with Crippen LogP contribution in [0.25, 0.3) is 11.3 Å². The van der Waals surface area contributed by atoms with Gasteiger partial charge >= 0.3 is 5.97 Å². The lowest BCUT2D eigenvalue weighted by Gasteiger charge is -2.12. The van der Waals surface area contributed by atoms with Crippen molar-refractivity contribution < 1.29 is 15.0 Å². The number of para-hydroxylation sites is 2. The fraction of sp³-hybridized carbons (Fsp3) is 0.136. The van der Waals surface area contributed by atoms with Crippen LogP contribution in [0.15, 0.2) is 69.4 Å². The Bertz CT molecular complexity index is 1420. The number of nitrogens with one attached hydrogen (secondary N) is 1. The summed E-state index contributed by atoms with van der Waals surface area (Å²) in [5.41, 5.74) is 0.575. The van der Waals surface area contributed by atoms with E-state index in [-0.39, 0.29) is 16.8 Å². The Morgan fingerprint density at radius 3 is 2.68 bits per heavy atom. The minimum absolute atomic E-state index is 0.0142. The average molecular weight is 434 g/mol. The lowest BCUT2D eigenvalue weighted by atomic mass is 10.0. The van der Waals surface area contributed by atoms with Gasteiger partial charge in [0.2, 0.25) is 5.88 Å². The summed E-state index contributed by atoms with van der Waals surface area (Å²) in [5, 5.41) is 22.1. The van der Waals surface area contributed by atoms with E-state index in [0.717, 1.165) is 22.4 Å². The molecule has 0 amide bonds. The Hall–Kier alpha value is -3.85. The molecule has 0 saturated heterocycles. The summed E-state index contributed by atoms with van der Waals surface area (Å²) in [6.45, 7) is 0.406. The van der Waals surface area contributed by atoms with Gasteiger partial charge in [-0.05, 0) is 36.0 Å². The van der Waals surface area contributed by atoms with E-state index < -0.39 is 23.5 Å². The van der Waals surface area contributed by atoms with E-state index in [0.29, 0.717) is 12.2 Å². The maximum absolute atomic E-state index is 12.4. The molecule has 156 valence electrons. The molecule has 3 aromatic rings. The number of aromatic nitrogens is 2. The first-order chi connectivity index (χ1) is 15.0. The number of fused-ring (bicyclic) bond motifs is 1. The topological polar surface area (TPSA) is 120 Å². The first-order valence-corrected chi connectivity index (χ1v) is 9.88. The number of carboxylic acid groups (broad SMARTS) is 1. The Labute approximate surface area is 181 Å². The van der Waals surface area contributed by atoms with E-state index in [1.54, 1.807) is 30.3 Å². The van der Waals surface area contributed by atoms with Crippen LogP contribution in [0.1, 0.15) is 12.0 Å². The standard InChI is InChI=1S/C22H18N4O4S/c27-19-16(20(28)26(22(31)25-19)14-6-2-1-3-7-14)12-24-18(21(29)30)10-13-11-23-17-9-5-4-8-15(13)17/h1-9,12,18,28H,10-11H2,(H,29,30)(H,25,27,31)/t18-/m1/s1. The number of carboxylic acids is 1. The molecule has 1 aliphatic rings. The van der Waals surface area contributed by atoms with Gasteiger partial charge in [0.1, 0.15) is 5.56 Å². The normalized spacial score (nSPS) is 13.7. The van der Waals surface area contributed by atoms with Crippen LogP contribution in [0, 0.1) is 4.77 Å². The van der Waals surface area contributed by atoms with Crippen LogP contribution in [-0.4, -0.2) is 44.5 Å². The van der Waals surface area contributed by atoms with Crippen molar-refractivity contribution in [2.75, 3.05) is 6.54 Å². The number of hydrogen-bond donors (Lipinski definition) is 3. The van der Waals surface area contributed by atoms with Gasteiger partial charge in [0, 0.05) is 17.9 Å². The third-order valence-electron chi connectivity index (χ3n) is 4.97. The molecule has 0 radical (unpaired) electrons. The summed E-state index contributed by atoms with van der Waals surface area (Å²) in [7, 11) is 0. The predicted octanol–water partition coefficient (Wildman–Crippen LogP) is 1.35. The number of nitrogens with zero attached hydrogens (tertiary/aromatic N) is 3. The number of aliphatic imine (C=N–C) groups is 1. The number of carbonyl (C=O) groups is 1. The van der Waals surface area contributed by atoms with E-state index in [4.69, 9.17) is 12.2 Å². The zero-order valence-electron chi connectivity index (χ0n) is 16.2. The highest BCUT2D eigenvalue weighted by Gasteiger charge is 2.20. The molecule has 9 heteroatoms. The second kappa shape index (κ2) is 8.49. The highest BCUT2D eigenvalue weighted by atomic mass is 32.1. The largest absolute Gasteiger partial charge is 0.494 e. The van der Waals surface area contributed by atoms with Crippen LogP contribution >= 0.6 is 12.2 Å². The molecule has 0 unspecified atom stereocenters. The van der Waals surface area contributed by atoms with Gasteiger partial charge in [0.15, 0.2) is 10.8 Å². The van der Waals surface area contributed by atoms with Gasteiger partial charge in [-0.15, -0.1) is 0 Å². The number of hydrogen-bond acceptors (Lipinski definition) is 6. The van der Waals surface area contributed by atoms with Crippen molar-refractivity contribution in [3.8, 4) is 11.6 Å². The quantitative estimate of drug-likeness (QED) is 0.400. The highest BCUT2D eigenvalue weighted by molar-refractivity contribution is 7.71. The first-order valence-electron chi connectivity index (χ1n) is 9.47. The van der Waals surface area contributed by atoms with Crippen molar-refractivity contribution in [1.82, 2.24) is 9.55 Å². The highest BCUT2D eigenvalue weighted by Crippen LogP contribution is 2.19. The van der Waals surface area contributed by atoms with Gasteiger partial charge in [-0.2, -0.15) is 0 Å². The summed E-state index contributed by atoms with van der Waals surface area (Å²) in [6, 6.07) is 15.1. The second-order valence-corrected chi connectivity index (χ2v) is 7.33. The monoisotopic (exact) mass is 434 g/mol. The Kier molecular flexibility index (Phi) is 5.59. The third kappa shape index (κ3) is 4.08. The molecular formula is C22H18N4O4S. The van der Waals surface area contributed by atoms with Gasteiger partial charge in [0.05, 0.1) is 17.6 Å². The fourth-order valence-electron chi connectivity index (χ4n) is 3.42. The van der Waals surface area contributed by atoms with Crippen LogP contribution < -0.4 is 16.1 Å². The van der Waals surface area contributed by atoms with Crippen molar-refractivity contribution in [1.29, 1.82) is 0 Å². The van der Waals surface area contributed by atoms with Gasteiger partial charge in [-0.25, -0.2) is 4.79 Å². The van der Waals surface area contributed by atoms with E-state index in [2.05, 4.69) is 15.0 Å². The number of aliphatic carboxylic acids is 1. The molecule has 0 aliphatic carbocycles. The molecule has 1 atom stereocenters. The lowest BCUT2D eigenvalue weighted by molar-refractivity contribution is -0.138. The van der Waals surface area contributed by atoms with Crippen molar-refractivity contribution in [3.63, 3.8) is 0 Å². The Balaban J connectivity index is 1.72. The third-order valence-corrected chi connectivity index (χ3v) is 5.25. The molecule has 0 bridgehead atoms. The number of H-pyrrole nitrogens is 1. The number of benzene rings is 2. The summed E-state index contributed by atoms with van der Waals surface area (Å²) < 4.78 is 1.30. The molecule has 0 saturated carbocycles. The van der Waals surface area contributed by atoms with Crippen LogP contribution in [0.5, 0.6) is 5.88 Å². The predicted molar refractivity (Wildman–Crippen MR) is 118 cm³/mol. The zero-order valence-corrected chi connectivity index (χ0v) is 17.0. The van der Waals surface area contributed by atoms with Gasteiger partial charge in [-0.1, -0.05) is 36.4 Å². The molecule has 1 aliphatic heterocycles. The summed E-state index contributed by atoms with van der Waals surface area (Å²) in [6.07, 6.45) is 1.22. The van der Waals surface area contributed by atoms with E-state index in [1.807, 2.05) is 24.3 Å². The van der Waals surface area contributed by atoms with Crippen molar-refractivity contribution in [2.45, 2.75) is 12.5 Å². The van der Waals surface area contributed by atoms with Crippen molar-refractivity contribution in [3.05, 3.63) is 85.9 Å². The smallest absolute Gasteiger partial charge is 0.328 e. The molecule has 2 heterocycles. The minimum Gasteiger partial charge on any atom is -0.494 e. The van der Waals surface area contributed by atoms with Gasteiger partial charge in [0.25, 0.3) is 5.56 Å². The minimum atomic E-state index is -1.14. The second-order valence-electron chi connectivity index (χ2n) is 6.94. The molecule has 2 aromatic carbocycles. The van der Waals surface area contributed by atoms with Crippen LogP contribution in [-0.2, 0) is 4.79 Å².